The molecule has 0 saturated carbocycles. The summed E-state index contributed by atoms with van der Waals surface area (Å²) in [5, 5.41) is 6.49. The third-order valence-corrected chi connectivity index (χ3v) is 4.44. The van der Waals surface area contributed by atoms with Gasteiger partial charge in [0.1, 0.15) is 0 Å². The van der Waals surface area contributed by atoms with Crippen molar-refractivity contribution in [2.24, 2.45) is 5.92 Å². The standard InChI is InChI=1S/C18H29N3O/c1-4-21(3)13-16-7-5-6-15(11-16)12-20-18(22)17-8-9-19-14(2)10-17/h5-7,11,14,17,19H,4,8-10,12-13H2,1-3H3,(H,20,22)/t14-,17-/m0/s1. The van der Waals surface area contributed by atoms with Crippen LogP contribution >= 0.6 is 0 Å². The Morgan fingerprint density at radius 3 is 2.91 bits per heavy atom. The SMILES string of the molecule is CCN(C)Cc1cccc(CNC(=O)[C@H]2CCN[C@@H](C)C2)c1. The van der Waals surface area contributed by atoms with Crippen LogP contribution in [0.5, 0.6) is 0 Å². The van der Waals surface area contributed by atoms with Gasteiger partial charge < -0.3 is 15.5 Å². The molecule has 1 aromatic carbocycles. The summed E-state index contributed by atoms with van der Waals surface area (Å²) in [5.41, 5.74) is 2.48. The highest BCUT2D eigenvalue weighted by atomic mass is 16.1. The number of carbonyl (C=O) groups is 1. The van der Waals surface area contributed by atoms with E-state index in [1.54, 1.807) is 0 Å². The summed E-state index contributed by atoms with van der Waals surface area (Å²) in [6, 6.07) is 8.94. The van der Waals surface area contributed by atoms with Gasteiger partial charge in [0.05, 0.1) is 0 Å². The summed E-state index contributed by atoms with van der Waals surface area (Å²) in [6.07, 6.45) is 1.88. The van der Waals surface area contributed by atoms with Crippen LogP contribution in [-0.2, 0) is 17.9 Å². The van der Waals surface area contributed by atoms with Crippen molar-refractivity contribution in [3.8, 4) is 0 Å². The van der Waals surface area contributed by atoms with Crippen LogP contribution in [0, 0.1) is 5.92 Å². The van der Waals surface area contributed by atoms with Crippen molar-refractivity contribution in [2.75, 3.05) is 20.1 Å². The summed E-state index contributed by atoms with van der Waals surface area (Å²) in [6.45, 7) is 7.86. The molecule has 0 aromatic heterocycles. The molecule has 4 nitrogen and oxygen atoms in total. The molecule has 0 spiro atoms. The monoisotopic (exact) mass is 303 g/mol. The summed E-state index contributed by atoms with van der Waals surface area (Å²) in [5.74, 6) is 0.357. The number of benzene rings is 1. The Morgan fingerprint density at radius 1 is 1.41 bits per heavy atom. The fourth-order valence-corrected chi connectivity index (χ4v) is 2.97. The lowest BCUT2D eigenvalue weighted by molar-refractivity contribution is -0.126. The molecule has 0 radical (unpaired) electrons. The molecule has 1 amide bonds. The largest absolute Gasteiger partial charge is 0.352 e. The highest BCUT2D eigenvalue weighted by molar-refractivity contribution is 5.78. The number of hydrogen-bond acceptors (Lipinski definition) is 3. The van der Waals surface area contributed by atoms with Gasteiger partial charge >= 0.3 is 0 Å². The molecule has 22 heavy (non-hydrogen) atoms. The normalized spacial score (nSPS) is 21.8. The molecule has 1 aromatic rings. The molecule has 2 rings (SSSR count). The lowest BCUT2D eigenvalue weighted by atomic mass is 9.92. The van der Waals surface area contributed by atoms with Crippen LogP contribution in [0.2, 0.25) is 0 Å². The van der Waals surface area contributed by atoms with E-state index in [4.69, 9.17) is 0 Å². The topological polar surface area (TPSA) is 44.4 Å². The Labute approximate surface area is 134 Å². The van der Waals surface area contributed by atoms with E-state index in [1.807, 2.05) is 0 Å². The summed E-state index contributed by atoms with van der Waals surface area (Å²) >= 11 is 0. The van der Waals surface area contributed by atoms with Crippen LogP contribution in [0.15, 0.2) is 24.3 Å². The number of piperidine rings is 1. The first-order chi connectivity index (χ1) is 10.6. The Morgan fingerprint density at radius 2 is 2.18 bits per heavy atom. The molecule has 1 saturated heterocycles. The van der Waals surface area contributed by atoms with Crippen LogP contribution in [0.25, 0.3) is 0 Å². The van der Waals surface area contributed by atoms with Gasteiger partial charge in [0.25, 0.3) is 0 Å². The van der Waals surface area contributed by atoms with Crippen LogP contribution in [0.3, 0.4) is 0 Å². The van der Waals surface area contributed by atoms with Crippen molar-refractivity contribution in [1.82, 2.24) is 15.5 Å². The fourth-order valence-electron chi connectivity index (χ4n) is 2.97. The first kappa shape index (κ1) is 17.0. The number of carbonyl (C=O) groups excluding carboxylic acids is 1. The van der Waals surface area contributed by atoms with Gasteiger partial charge in [0.15, 0.2) is 0 Å². The minimum Gasteiger partial charge on any atom is -0.352 e. The second kappa shape index (κ2) is 8.30. The van der Waals surface area contributed by atoms with Crippen molar-refractivity contribution in [3.63, 3.8) is 0 Å². The molecule has 1 heterocycles. The fraction of sp³-hybridized carbons (Fsp3) is 0.611. The third-order valence-electron chi connectivity index (χ3n) is 4.44. The maximum Gasteiger partial charge on any atom is 0.223 e. The van der Waals surface area contributed by atoms with Gasteiger partial charge in [-0.2, -0.15) is 0 Å². The lowest BCUT2D eigenvalue weighted by Crippen LogP contribution is -2.42. The average Bonchev–Trinajstić information content (AvgIpc) is 2.53. The molecule has 0 aliphatic carbocycles. The number of nitrogens with one attached hydrogen (secondary N) is 2. The number of amides is 1. The van der Waals surface area contributed by atoms with Gasteiger partial charge in [-0.25, -0.2) is 0 Å². The Balaban J connectivity index is 1.85. The van der Waals surface area contributed by atoms with Crippen molar-refractivity contribution in [3.05, 3.63) is 35.4 Å². The second-order valence-corrected chi connectivity index (χ2v) is 6.44. The quantitative estimate of drug-likeness (QED) is 0.846. The van der Waals surface area contributed by atoms with E-state index in [9.17, 15) is 4.79 Å². The Kier molecular flexibility index (Phi) is 6.40. The van der Waals surface area contributed by atoms with Gasteiger partial charge in [0, 0.05) is 25.0 Å². The molecule has 4 heteroatoms. The van der Waals surface area contributed by atoms with Crippen LogP contribution < -0.4 is 10.6 Å². The molecule has 1 aliphatic heterocycles. The molecule has 0 bridgehead atoms. The molecule has 1 fully saturated rings. The molecule has 2 atom stereocenters. The lowest BCUT2D eigenvalue weighted by Gasteiger charge is -2.27. The van der Waals surface area contributed by atoms with Gasteiger partial charge in [0.2, 0.25) is 5.91 Å². The van der Waals surface area contributed by atoms with E-state index in [-0.39, 0.29) is 11.8 Å². The summed E-state index contributed by atoms with van der Waals surface area (Å²) in [4.78, 5) is 14.6. The molecular weight excluding hydrogens is 274 g/mol. The van der Waals surface area contributed by atoms with Crippen LogP contribution in [0.1, 0.15) is 37.8 Å². The molecule has 122 valence electrons. The molecule has 1 aliphatic rings. The first-order valence-electron chi connectivity index (χ1n) is 8.36. The van der Waals surface area contributed by atoms with Gasteiger partial charge in [-0.15, -0.1) is 0 Å². The van der Waals surface area contributed by atoms with Gasteiger partial charge in [-0.1, -0.05) is 31.2 Å². The van der Waals surface area contributed by atoms with E-state index in [0.29, 0.717) is 12.6 Å². The third kappa shape index (κ3) is 5.11. The maximum atomic E-state index is 12.3. The van der Waals surface area contributed by atoms with Crippen molar-refractivity contribution in [1.29, 1.82) is 0 Å². The maximum absolute atomic E-state index is 12.3. The van der Waals surface area contributed by atoms with Crippen molar-refractivity contribution < 1.29 is 4.79 Å². The number of hydrogen-bond donors (Lipinski definition) is 2. The smallest absolute Gasteiger partial charge is 0.223 e. The Hall–Kier alpha value is -1.39. The van der Waals surface area contributed by atoms with Crippen LogP contribution in [-0.4, -0.2) is 37.0 Å². The molecular formula is C18H29N3O. The predicted molar refractivity (Wildman–Crippen MR) is 90.5 cm³/mol. The van der Waals surface area contributed by atoms with Crippen molar-refractivity contribution >= 4 is 5.91 Å². The zero-order chi connectivity index (χ0) is 15.9. The van der Waals surface area contributed by atoms with E-state index in [1.165, 1.54) is 11.1 Å². The van der Waals surface area contributed by atoms with Gasteiger partial charge in [-0.3, -0.25) is 4.79 Å². The summed E-state index contributed by atoms with van der Waals surface area (Å²) in [7, 11) is 2.12. The highest BCUT2D eigenvalue weighted by Gasteiger charge is 2.24. The predicted octanol–water partition coefficient (Wildman–Crippen LogP) is 2.14. The number of rotatable bonds is 6. The van der Waals surface area contributed by atoms with E-state index in [2.05, 4.69) is 60.7 Å². The van der Waals surface area contributed by atoms with E-state index < -0.39 is 0 Å². The number of nitrogens with zero attached hydrogens (tertiary/aromatic N) is 1. The minimum atomic E-state index is 0.158. The van der Waals surface area contributed by atoms with E-state index >= 15 is 0 Å². The average molecular weight is 303 g/mol. The Bertz CT molecular complexity index is 489. The second-order valence-electron chi connectivity index (χ2n) is 6.44. The minimum absolute atomic E-state index is 0.158. The van der Waals surface area contributed by atoms with Crippen LogP contribution in [0.4, 0.5) is 0 Å². The van der Waals surface area contributed by atoms with Gasteiger partial charge in [-0.05, 0) is 51.0 Å². The zero-order valence-electron chi connectivity index (χ0n) is 14.1. The van der Waals surface area contributed by atoms with Crippen molar-refractivity contribution in [2.45, 2.75) is 45.8 Å². The highest BCUT2D eigenvalue weighted by Crippen LogP contribution is 2.16. The zero-order valence-corrected chi connectivity index (χ0v) is 14.1. The molecule has 2 N–H and O–H groups in total. The first-order valence-corrected chi connectivity index (χ1v) is 8.36. The van der Waals surface area contributed by atoms with E-state index in [0.717, 1.165) is 32.5 Å². The molecule has 0 unspecified atom stereocenters. The summed E-state index contributed by atoms with van der Waals surface area (Å²) < 4.78 is 0.